The summed E-state index contributed by atoms with van der Waals surface area (Å²) in [6.45, 7) is 5.45. The van der Waals surface area contributed by atoms with Crippen LogP contribution in [0.5, 0.6) is 0 Å². The molecule has 0 aliphatic carbocycles. The van der Waals surface area contributed by atoms with E-state index in [2.05, 4.69) is 32.3 Å². The van der Waals surface area contributed by atoms with E-state index in [1.165, 1.54) is 4.57 Å². The second kappa shape index (κ2) is 10.2. The van der Waals surface area contributed by atoms with Gasteiger partial charge < -0.3 is 5.32 Å². The number of carbonyl (C=O) groups is 1. The summed E-state index contributed by atoms with van der Waals surface area (Å²) in [5.41, 5.74) is 4.36. The van der Waals surface area contributed by atoms with Gasteiger partial charge in [0.15, 0.2) is 5.65 Å². The van der Waals surface area contributed by atoms with Gasteiger partial charge in [-0.3, -0.25) is 18.8 Å². The zero-order valence-corrected chi connectivity index (χ0v) is 23.0. The van der Waals surface area contributed by atoms with Gasteiger partial charge in [0.05, 0.1) is 39.6 Å². The molecule has 1 atom stereocenters. The third-order valence-corrected chi connectivity index (χ3v) is 6.82. The maximum atomic E-state index is 14.2. The maximum absolute atomic E-state index is 14.2. The molecule has 10 heteroatoms. The Morgan fingerprint density at radius 1 is 0.951 bits per heavy atom. The smallest absolute Gasteiger partial charge is 0.267 e. The molecule has 1 unspecified atom stereocenters. The summed E-state index contributed by atoms with van der Waals surface area (Å²) in [7, 11) is 1.84. The maximum Gasteiger partial charge on any atom is 0.267 e. The Kier molecular flexibility index (Phi) is 6.40. The van der Waals surface area contributed by atoms with Gasteiger partial charge in [-0.1, -0.05) is 36.1 Å². The number of amides is 1. The quantitative estimate of drug-likeness (QED) is 0.340. The minimum absolute atomic E-state index is 0.279. The molecule has 10 nitrogen and oxygen atoms in total. The molecule has 6 aromatic rings. The van der Waals surface area contributed by atoms with Crippen molar-refractivity contribution >= 4 is 22.5 Å². The largest absolute Gasteiger partial charge is 0.342 e. The fourth-order valence-corrected chi connectivity index (χ4v) is 4.92. The van der Waals surface area contributed by atoms with E-state index in [-0.39, 0.29) is 11.5 Å². The van der Waals surface area contributed by atoms with Crippen LogP contribution in [-0.4, -0.2) is 39.8 Å². The zero-order valence-electron chi connectivity index (χ0n) is 23.0. The SMILES string of the molecule is Cc1nn(C)cc1C#Cc1cccc2nc(C(C)NC(=O)c3c(C)nn4cccnc34)n(-c3ccccc3)c(=O)c12. The van der Waals surface area contributed by atoms with E-state index in [0.29, 0.717) is 44.9 Å². The van der Waals surface area contributed by atoms with E-state index in [1.54, 1.807) is 47.6 Å². The lowest BCUT2D eigenvalue weighted by Crippen LogP contribution is -2.33. The van der Waals surface area contributed by atoms with E-state index in [4.69, 9.17) is 4.98 Å². The van der Waals surface area contributed by atoms with Crippen LogP contribution in [0.3, 0.4) is 0 Å². The van der Waals surface area contributed by atoms with Crippen LogP contribution in [-0.2, 0) is 7.05 Å². The van der Waals surface area contributed by atoms with E-state index < -0.39 is 6.04 Å². The van der Waals surface area contributed by atoms with Gasteiger partial charge in [-0.05, 0) is 51.1 Å². The molecule has 4 heterocycles. The summed E-state index contributed by atoms with van der Waals surface area (Å²) in [6.07, 6.45) is 5.20. The molecule has 0 radical (unpaired) electrons. The minimum atomic E-state index is -0.634. The van der Waals surface area contributed by atoms with Crippen molar-refractivity contribution in [3.63, 3.8) is 0 Å². The third kappa shape index (κ3) is 4.63. The van der Waals surface area contributed by atoms with Gasteiger partial charge in [0.1, 0.15) is 11.4 Å². The molecule has 0 bridgehead atoms. The van der Waals surface area contributed by atoms with Crippen LogP contribution < -0.4 is 10.9 Å². The van der Waals surface area contributed by atoms with Crippen LogP contribution in [0.2, 0.25) is 0 Å². The van der Waals surface area contributed by atoms with Gasteiger partial charge >= 0.3 is 0 Å². The van der Waals surface area contributed by atoms with E-state index in [0.717, 1.165) is 11.3 Å². The Hall–Kier alpha value is -5.56. The summed E-state index contributed by atoms with van der Waals surface area (Å²) in [5, 5.41) is 12.1. The van der Waals surface area contributed by atoms with E-state index in [1.807, 2.05) is 62.6 Å². The first kappa shape index (κ1) is 25.7. The molecule has 4 aromatic heterocycles. The van der Waals surface area contributed by atoms with Gasteiger partial charge in [0.2, 0.25) is 0 Å². The number of benzene rings is 2. The standard InChI is InChI=1S/C31H26N8O2/c1-19-23(18-37(4)35-19)15-14-22-10-8-13-25-27(22)31(41)39(24-11-6-5-7-12-24)28(34-25)21(3)33-30(40)26-20(2)36-38-17-9-16-32-29(26)38/h5-13,16-18,21H,1-4H3,(H,33,40). The molecule has 0 aliphatic rings. The highest BCUT2D eigenvalue weighted by Gasteiger charge is 2.24. The van der Waals surface area contributed by atoms with Crippen molar-refractivity contribution in [2.75, 3.05) is 0 Å². The number of aromatic nitrogens is 7. The molecule has 1 amide bonds. The molecule has 2 aromatic carbocycles. The Balaban J connectivity index is 1.48. The van der Waals surface area contributed by atoms with Gasteiger partial charge in [0, 0.05) is 31.2 Å². The van der Waals surface area contributed by atoms with E-state index in [9.17, 15) is 9.59 Å². The van der Waals surface area contributed by atoms with Crippen molar-refractivity contribution in [2.24, 2.45) is 7.05 Å². The molecule has 0 saturated heterocycles. The second-order valence-electron chi connectivity index (χ2n) is 9.74. The molecule has 0 fully saturated rings. The monoisotopic (exact) mass is 542 g/mol. The summed E-state index contributed by atoms with van der Waals surface area (Å²) >= 11 is 0. The number of para-hydroxylation sites is 1. The molecule has 1 N–H and O–H groups in total. The number of hydrogen-bond acceptors (Lipinski definition) is 6. The van der Waals surface area contributed by atoms with Crippen molar-refractivity contribution in [3.8, 4) is 17.5 Å². The predicted octanol–water partition coefficient (Wildman–Crippen LogP) is 3.67. The summed E-state index contributed by atoms with van der Waals surface area (Å²) in [5.74, 6) is 6.33. The number of hydrogen-bond donors (Lipinski definition) is 1. The molecule has 41 heavy (non-hydrogen) atoms. The molecule has 0 aliphatic heterocycles. The van der Waals surface area contributed by atoms with Crippen LogP contribution >= 0.6 is 0 Å². The average Bonchev–Trinajstić information content (AvgIpc) is 3.48. The van der Waals surface area contributed by atoms with Gasteiger partial charge in [-0.15, -0.1) is 0 Å². The number of fused-ring (bicyclic) bond motifs is 2. The van der Waals surface area contributed by atoms with Crippen LogP contribution in [0.1, 0.15) is 51.7 Å². The minimum Gasteiger partial charge on any atom is -0.342 e. The number of carbonyl (C=O) groups excluding carboxylic acids is 1. The Bertz CT molecular complexity index is 2080. The first-order chi connectivity index (χ1) is 19.8. The topological polar surface area (TPSA) is 112 Å². The number of nitrogens with one attached hydrogen (secondary N) is 1. The highest BCUT2D eigenvalue weighted by molar-refractivity contribution is 6.01. The third-order valence-electron chi connectivity index (χ3n) is 6.82. The number of rotatable bonds is 4. The lowest BCUT2D eigenvalue weighted by molar-refractivity contribution is 0.0938. The normalized spacial score (nSPS) is 11.8. The predicted molar refractivity (Wildman–Crippen MR) is 155 cm³/mol. The van der Waals surface area contributed by atoms with Crippen LogP contribution in [0.4, 0.5) is 0 Å². The lowest BCUT2D eigenvalue weighted by atomic mass is 10.1. The molecule has 0 spiro atoms. The first-order valence-electron chi connectivity index (χ1n) is 13.1. The fraction of sp³-hybridized carbons (Fsp3) is 0.161. The van der Waals surface area contributed by atoms with Crippen LogP contribution in [0.25, 0.3) is 22.2 Å². The zero-order chi connectivity index (χ0) is 28.7. The molecular formula is C31H26N8O2. The molecule has 202 valence electrons. The number of nitrogens with zero attached hydrogens (tertiary/aromatic N) is 7. The van der Waals surface area contributed by atoms with Crippen molar-refractivity contribution in [1.29, 1.82) is 0 Å². The van der Waals surface area contributed by atoms with Crippen LogP contribution in [0.15, 0.2) is 78.0 Å². The highest BCUT2D eigenvalue weighted by atomic mass is 16.2. The van der Waals surface area contributed by atoms with Crippen LogP contribution in [0, 0.1) is 25.7 Å². The van der Waals surface area contributed by atoms with E-state index >= 15 is 0 Å². The Morgan fingerprint density at radius 2 is 1.73 bits per heavy atom. The Morgan fingerprint density at radius 3 is 2.49 bits per heavy atom. The molecule has 0 saturated carbocycles. The Labute approximate surface area is 235 Å². The second-order valence-corrected chi connectivity index (χ2v) is 9.74. The average molecular weight is 543 g/mol. The first-order valence-corrected chi connectivity index (χ1v) is 13.1. The fourth-order valence-electron chi connectivity index (χ4n) is 4.92. The summed E-state index contributed by atoms with van der Waals surface area (Å²) in [4.78, 5) is 36.9. The number of aryl methyl sites for hydroxylation is 3. The molecule has 6 rings (SSSR count). The van der Waals surface area contributed by atoms with Gasteiger partial charge in [-0.2, -0.15) is 10.2 Å². The molecular weight excluding hydrogens is 516 g/mol. The van der Waals surface area contributed by atoms with Gasteiger partial charge in [-0.25, -0.2) is 14.5 Å². The van der Waals surface area contributed by atoms with Crippen molar-refractivity contribution in [3.05, 3.63) is 117 Å². The summed E-state index contributed by atoms with van der Waals surface area (Å²) in [6, 6.07) is 15.8. The van der Waals surface area contributed by atoms with Crippen molar-refractivity contribution in [1.82, 2.24) is 39.2 Å². The van der Waals surface area contributed by atoms with Crippen molar-refractivity contribution in [2.45, 2.75) is 26.8 Å². The highest BCUT2D eigenvalue weighted by Crippen LogP contribution is 2.21. The van der Waals surface area contributed by atoms with Crippen molar-refractivity contribution < 1.29 is 4.79 Å². The lowest BCUT2D eigenvalue weighted by Gasteiger charge is -2.20. The van der Waals surface area contributed by atoms with Gasteiger partial charge in [0.25, 0.3) is 11.5 Å². The summed E-state index contributed by atoms with van der Waals surface area (Å²) < 4.78 is 4.81.